The maximum atomic E-state index is 13.4. The number of carbonyl (C=O) groups is 1. The average Bonchev–Trinajstić information content (AvgIpc) is 2.80. The minimum absolute atomic E-state index is 0.0399. The van der Waals surface area contributed by atoms with Crippen LogP contribution in [-0.2, 0) is 11.2 Å². The predicted octanol–water partition coefficient (Wildman–Crippen LogP) is 5.17. The zero-order chi connectivity index (χ0) is 21.8. The number of rotatable bonds is 7. The largest absolute Gasteiger partial charge is 0.497 e. The Hall–Kier alpha value is -3.47. The fourth-order valence-electron chi connectivity index (χ4n) is 4.09. The topological polar surface area (TPSA) is 48.0 Å². The molecule has 0 saturated heterocycles. The van der Waals surface area contributed by atoms with E-state index in [9.17, 15) is 4.79 Å². The molecule has 0 unspecified atom stereocenters. The van der Waals surface area contributed by atoms with Crippen molar-refractivity contribution in [3.63, 3.8) is 0 Å². The highest BCUT2D eigenvalue weighted by Crippen LogP contribution is 2.43. The Morgan fingerprint density at radius 3 is 2.16 bits per heavy atom. The van der Waals surface area contributed by atoms with Crippen molar-refractivity contribution in [1.29, 1.82) is 0 Å². The van der Waals surface area contributed by atoms with Gasteiger partial charge in [0.05, 0.1) is 32.8 Å². The molecule has 1 aliphatic heterocycles. The number of ether oxygens (including phenoxy) is 3. The molecular formula is C26H27NO4. The lowest BCUT2D eigenvalue weighted by Crippen LogP contribution is -2.41. The lowest BCUT2D eigenvalue weighted by Gasteiger charge is -2.38. The van der Waals surface area contributed by atoms with Gasteiger partial charge in [-0.2, -0.15) is 0 Å². The van der Waals surface area contributed by atoms with Crippen molar-refractivity contribution in [3.05, 3.63) is 83.4 Å². The molecule has 5 heteroatoms. The molecule has 1 aliphatic rings. The van der Waals surface area contributed by atoms with Gasteiger partial charge in [0.2, 0.25) is 5.91 Å². The second kappa shape index (κ2) is 9.13. The van der Waals surface area contributed by atoms with Crippen LogP contribution in [0.1, 0.15) is 36.6 Å². The summed E-state index contributed by atoms with van der Waals surface area (Å²) in [5.41, 5.74) is 3.89. The molecule has 160 valence electrons. The molecule has 0 aliphatic carbocycles. The molecule has 0 radical (unpaired) electrons. The van der Waals surface area contributed by atoms with Crippen molar-refractivity contribution in [2.45, 2.75) is 26.3 Å². The minimum Gasteiger partial charge on any atom is -0.497 e. The van der Waals surface area contributed by atoms with Crippen LogP contribution in [0.15, 0.2) is 66.7 Å². The third kappa shape index (κ3) is 4.08. The first-order valence-electron chi connectivity index (χ1n) is 10.6. The highest BCUT2D eigenvalue weighted by atomic mass is 16.5. The maximum absolute atomic E-state index is 13.4. The van der Waals surface area contributed by atoms with E-state index in [-0.39, 0.29) is 11.9 Å². The molecule has 0 N–H and O–H groups in total. The molecular weight excluding hydrogens is 390 g/mol. The van der Waals surface area contributed by atoms with Crippen LogP contribution in [0.4, 0.5) is 5.69 Å². The quantitative estimate of drug-likeness (QED) is 0.532. The number of benzene rings is 3. The van der Waals surface area contributed by atoms with E-state index < -0.39 is 0 Å². The van der Waals surface area contributed by atoms with Gasteiger partial charge in [-0.3, -0.25) is 4.79 Å². The van der Waals surface area contributed by atoms with Gasteiger partial charge in [-0.15, -0.1) is 0 Å². The summed E-state index contributed by atoms with van der Waals surface area (Å²) in [7, 11) is 1.63. The lowest BCUT2D eigenvalue weighted by molar-refractivity contribution is -0.118. The smallest absolute Gasteiger partial charge is 0.232 e. The number of nitrogens with zero attached hydrogens (tertiary/aromatic N) is 1. The Kier molecular flexibility index (Phi) is 6.12. The highest BCUT2D eigenvalue weighted by Gasteiger charge is 2.35. The third-order valence-electron chi connectivity index (χ3n) is 5.43. The van der Waals surface area contributed by atoms with Crippen LogP contribution in [0.5, 0.6) is 17.2 Å². The summed E-state index contributed by atoms with van der Waals surface area (Å²) < 4.78 is 17.0. The van der Waals surface area contributed by atoms with E-state index >= 15 is 0 Å². The Morgan fingerprint density at radius 1 is 0.903 bits per heavy atom. The summed E-state index contributed by atoms with van der Waals surface area (Å²) in [6.45, 7) is 4.97. The Morgan fingerprint density at radius 2 is 1.55 bits per heavy atom. The first kappa shape index (κ1) is 20.8. The summed E-state index contributed by atoms with van der Waals surface area (Å²) in [6, 6.07) is 21.4. The summed E-state index contributed by atoms with van der Waals surface area (Å²) >= 11 is 0. The van der Waals surface area contributed by atoms with E-state index in [1.807, 2.05) is 73.3 Å². The second-order valence-corrected chi connectivity index (χ2v) is 7.32. The maximum Gasteiger partial charge on any atom is 0.232 e. The van der Waals surface area contributed by atoms with Gasteiger partial charge < -0.3 is 19.1 Å². The van der Waals surface area contributed by atoms with Gasteiger partial charge in [0.1, 0.15) is 5.75 Å². The summed E-state index contributed by atoms with van der Waals surface area (Å²) in [5.74, 6) is 2.18. The first-order valence-corrected chi connectivity index (χ1v) is 10.6. The molecule has 0 bridgehead atoms. The van der Waals surface area contributed by atoms with E-state index in [0.29, 0.717) is 31.1 Å². The number of hydrogen-bond donors (Lipinski definition) is 0. The number of carbonyl (C=O) groups excluding carboxylic acids is 1. The molecule has 0 fully saturated rings. The van der Waals surface area contributed by atoms with Crippen molar-refractivity contribution in [2.75, 3.05) is 25.2 Å². The van der Waals surface area contributed by atoms with Gasteiger partial charge >= 0.3 is 0 Å². The Balaban J connectivity index is 1.89. The summed E-state index contributed by atoms with van der Waals surface area (Å²) in [5, 5.41) is 0. The second-order valence-electron chi connectivity index (χ2n) is 7.32. The molecule has 0 aromatic heterocycles. The van der Waals surface area contributed by atoms with Gasteiger partial charge in [-0.25, -0.2) is 0 Å². The highest BCUT2D eigenvalue weighted by molar-refractivity contribution is 5.98. The summed E-state index contributed by atoms with van der Waals surface area (Å²) in [4.78, 5) is 15.3. The van der Waals surface area contributed by atoms with Crippen LogP contribution >= 0.6 is 0 Å². The number of methoxy groups -OCH3 is 1. The molecule has 1 heterocycles. The summed E-state index contributed by atoms with van der Waals surface area (Å²) in [6.07, 6.45) is 0.303. The minimum atomic E-state index is -0.263. The molecule has 1 amide bonds. The van der Waals surface area contributed by atoms with Gasteiger partial charge in [-0.1, -0.05) is 30.3 Å². The third-order valence-corrected chi connectivity index (χ3v) is 5.43. The van der Waals surface area contributed by atoms with Crippen LogP contribution in [0, 0.1) is 0 Å². The normalized spacial score (nSPS) is 15.4. The molecule has 5 nitrogen and oxygen atoms in total. The molecule has 3 aromatic rings. The Labute approximate surface area is 183 Å². The fourth-order valence-corrected chi connectivity index (χ4v) is 4.09. The molecule has 0 saturated carbocycles. The van der Waals surface area contributed by atoms with Crippen molar-refractivity contribution in [1.82, 2.24) is 0 Å². The fraction of sp³-hybridized carbons (Fsp3) is 0.269. The molecule has 1 atom stereocenters. The number of anilines is 1. The van der Waals surface area contributed by atoms with Gasteiger partial charge in [0.25, 0.3) is 0 Å². The monoisotopic (exact) mass is 417 g/mol. The van der Waals surface area contributed by atoms with E-state index in [0.717, 1.165) is 28.1 Å². The van der Waals surface area contributed by atoms with Crippen molar-refractivity contribution >= 4 is 11.6 Å². The molecule has 4 rings (SSSR count). The zero-order valence-corrected chi connectivity index (χ0v) is 18.1. The number of amides is 1. The van der Waals surface area contributed by atoms with E-state index in [2.05, 4.69) is 12.1 Å². The van der Waals surface area contributed by atoms with Gasteiger partial charge in [0, 0.05) is 5.69 Å². The van der Waals surface area contributed by atoms with Crippen molar-refractivity contribution in [3.8, 4) is 17.2 Å². The average molecular weight is 418 g/mol. The van der Waals surface area contributed by atoms with Crippen LogP contribution in [0.2, 0.25) is 0 Å². The van der Waals surface area contributed by atoms with Gasteiger partial charge in [0.15, 0.2) is 11.5 Å². The molecule has 0 spiro atoms. The number of hydrogen-bond acceptors (Lipinski definition) is 4. The SMILES string of the molecule is CCOc1cc2c(cc1OCC)[C@H](c1ccccc1)N(c1ccc(OC)cc1)C(=O)C2. The van der Waals surface area contributed by atoms with Gasteiger partial charge in [-0.05, 0) is 66.9 Å². The van der Waals surface area contributed by atoms with Crippen LogP contribution in [-0.4, -0.2) is 26.2 Å². The van der Waals surface area contributed by atoms with Crippen LogP contribution in [0.25, 0.3) is 0 Å². The molecule has 3 aromatic carbocycles. The first-order chi connectivity index (χ1) is 15.2. The van der Waals surface area contributed by atoms with Crippen molar-refractivity contribution < 1.29 is 19.0 Å². The van der Waals surface area contributed by atoms with E-state index in [1.54, 1.807) is 7.11 Å². The number of fused-ring (bicyclic) bond motifs is 1. The predicted molar refractivity (Wildman–Crippen MR) is 121 cm³/mol. The van der Waals surface area contributed by atoms with Crippen molar-refractivity contribution in [2.24, 2.45) is 0 Å². The van der Waals surface area contributed by atoms with E-state index in [4.69, 9.17) is 14.2 Å². The Bertz CT molecular complexity index is 1050. The van der Waals surface area contributed by atoms with Crippen LogP contribution < -0.4 is 19.1 Å². The van der Waals surface area contributed by atoms with Crippen LogP contribution in [0.3, 0.4) is 0 Å². The zero-order valence-electron chi connectivity index (χ0n) is 18.1. The standard InChI is InChI=1S/C26H27NO4/c1-4-30-23-15-19-16-25(28)27(20-11-13-21(29-3)14-12-20)26(18-9-7-6-8-10-18)22(19)17-24(23)31-5-2/h6-15,17,26H,4-5,16H2,1-3H3/t26-/m0/s1. The van der Waals surface area contributed by atoms with E-state index in [1.165, 1.54) is 0 Å². The lowest BCUT2D eigenvalue weighted by atomic mass is 9.87. The molecule has 31 heavy (non-hydrogen) atoms.